The second-order valence-corrected chi connectivity index (χ2v) is 6.70. The van der Waals surface area contributed by atoms with Gasteiger partial charge < -0.3 is 10.4 Å². The first-order chi connectivity index (χ1) is 12.6. The lowest BCUT2D eigenvalue weighted by Crippen LogP contribution is -2.31. The SMILES string of the molecule is Cc1nc2ccccc2c(-c2ccccc2)c1CC(=O)NCC(C)CO. The lowest BCUT2D eigenvalue weighted by molar-refractivity contribution is -0.120. The highest BCUT2D eigenvalue weighted by Gasteiger charge is 2.17. The molecule has 0 aliphatic carbocycles. The Morgan fingerprint density at radius 3 is 2.54 bits per heavy atom. The summed E-state index contributed by atoms with van der Waals surface area (Å²) in [4.78, 5) is 17.2. The van der Waals surface area contributed by atoms with Crippen molar-refractivity contribution in [1.29, 1.82) is 0 Å². The molecule has 134 valence electrons. The van der Waals surface area contributed by atoms with E-state index in [1.807, 2.05) is 50.2 Å². The minimum absolute atomic E-state index is 0.0448. The Morgan fingerprint density at radius 1 is 1.12 bits per heavy atom. The predicted octanol–water partition coefficient (Wildman–Crippen LogP) is 3.50. The minimum atomic E-state index is -0.0531. The zero-order valence-electron chi connectivity index (χ0n) is 15.2. The lowest BCUT2D eigenvalue weighted by Gasteiger charge is -2.16. The van der Waals surface area contributed by atoms with Gasteiger partial charge in [-0.1, -0.05) is 55.5 Å². The van der Waals surface area contributed by atoms with Gasteiger partial charge in [0.15, 0.2) is 0 Å². The Hall–Kier alpha value is -2.72. The molecular formula is C22H24N2O2. The number of nitrogens with one attached hydrogen (secondary N) is 1. The number of carbonyl (C=O) groups excluding carboxylic acids is 1. The van der Waals surface area contributed by atoms with Crippen molar-refractivity contribution in [2.45, 2.75) is 20.3 Å². The van der Waals surface area contributed by atoms with Crippen molar-refractivity contribution in [3.8, 4) is 11.1 Å². The van der Waals surface area contributed by atoms with Gasteiger partial charge in [0, 0.05) is 24.2 Å². The van der Waals surface area contributed by atoms with Crippen LogP contribution in [0.4, 0.5) is 0 Å². The largest absolute Gasteiger partial charge is 0.396 e. The number of hydrogen-bond donors (Lipinski definition) is 2. The van der Waals surface area contributed by atoms with E-state index in [9.17, 15) is 4.79 Å². The zero-order chi connectivity index (χ0) is 18.5. The average Bonchev–Trinajstić information content (AvgIpc) is 2.67. The molecule has 0 saturated carbocycles. The number of aliphatic hydroxyl groups excluding tert-OH is 1. The van der Waals surface area contributed by atoms with Gasteiger partial charge in [0.2, 0.25) is 5.91 Å². The maximum atomic E-state index is 12.5. The van der Waals surface area contributed by atoms with Crippen molar-refractivity contribution in [2.24, 2.45) is 5.92 Å². The monoisotopic (exact) mass is 348 g/mol. The van der Waals surface area contributed by atoms with Crippen LogP contribution in [0.2, 0.25) is 0 Å². The number of aromatic nitrogens is 1. The van der Waals surface area contributed by atoms with E-state index in [1.165, 1.54) is 0 Å². The number of fused-ring (bicyclic) bond motifs is 1. The molecule has 4 heteroatoms. The fourth-order valence-corrected chi connectivity index (χ4v) is 3.10. The highest BCUT2D eigenvalue weighted by atomic mass is 16.3. The van der Waals surface area contributed by atoms with Crippen LogP contribution in [-0.2, 0) is 11.2 Å². The highest BCUT2D eigenvalue weighted by molar-refractivity contribution is 5.98. The van der Waals surface area contributed by atoms with Gasteiger partial charge in [-0.2, -0.15) is 0 Å². The summed E-state index contributed by atoms with van der Waals surface area (Å²) in [7, 11) is 0. The van der Waals surface area contributed by atoms with Crippen LogP contribution in [0.25, 0.3) is 22.0 Å². The third kappa shape index (κ3) is 3.92. The van der Waals surface area contributed by atoms with Crippen molar-refractivity contribution < 1.29 is 9.90 Å². The Morgan fingerprint density at radius 2 is 1.81 bits per heavy atom. The number of aryl methyl sites for hydroxylation is 1. The van der Waals surface area contributed by atoms with Gasteiger partial charge in [0.25, 0.3) is 0 Å². The molecule has 2 aromatic carbocycles. The average molecular weight is 348 g/mol. The standard InChI is InChI=1S/C22H24N2O2/c1-15(14-25)13-23-21(26)12-19-16(2)24-20-11-7-6-10-18(20)22(19)17-8-4-3-5-9-17/h3-11,15,25H,12-14H2,1-2H3,(H,23,26). The normalized spacial score (nSPS) is 12.1. The molecule has 1 heterocycles. The van der Waals surface area contributed by atoms with Gasteiger partial charge in [0.05, 0.1) is 11.9 Å². The Kier molecular flexibility index (Phi) is 5.64. The molecule has 0 spiro atoms. The van der Waals surface area contributed by atoms with E-state index in [0.717, 1.165) is 33.3 Å². The fourth-order valence-electron chi connectivity index (χ4n) is 3.10. The van der Waals surface area contributed by atoms with Crippen LogP contribution < -0.4 is 5.32 Å². The maximum absolute atomic E-state index is 12.5. The van der Waals surface area contributed by atoms with Crippen LogP contribution in [0, 0.1) is 12.8 Å². The maximum Gasteiger partial charge on any atom is 0.224 e. The Balaban J connectivity index is 2.04. The number of para-hydroxylation sites is 1. The summed E-state index contributed by atoms with van der Waals surface area (Å²) in [5.41, 5.74) is 4.90. The van der Waals surface area contributed by atoms with Crippen LogP contribution in [0.1, 0.15) is 18.2 Å². The van der Waals surface area contributed by atoms with E-state index in [2.05, 4.69) is 23.5 Å². The molecule has 0 bridgehead atoms. The topological polar surface area (TPSA) is 62.2 Å². The molecule has 4 nitrogen and oxygen atoms in total. The van der Waals surface area contributed by atoms with Gasteiger partial charge in [-0.25, -0.2) is 0 Å². The third-order valence-corrected chi connectivity index (χ3v) is 4.56. The molecule has 3 aromatic rings. The van der Waals surface area contributed by atoms with Gasteiger partial charge in [-0.3, -0.25) is 9.78 Å². The van der Waals surface area contributed by atoms with Crippen LogP contribution in [0.3, 0.4) is 0 Å². The number of benzene rings is 2. The molecule has 0 aliphatic rings. The first kappa shape index (κ1) is 18.1. The smallest absolute Gasteiger partial charge is 0.224 e. The summed E-state index contributed by atoms with van der Waals surface area (Å²) < 4.78 is 0. The molecule has 0 radical (unpaired) electrons. The van der Waals surface area contributed by atoms with Crippen molar-refractivity contribution in [3.63, 3.8) is 0 Å². The van der Waals surface area contributed by atoms with Crippen LogP contribution in [0.15, 0.2) is 54.6 Å². The van der Waals surface area contributed by atoms with Gasteiger partial charge in [-0.05, 0) is 35.6 Å². The van der Waals surface area contributed by atoms with Crippen molar-refractivity contribution >= 4 is 16.8 Å². The van der Waals surface area contributed by atoms with Gasteiger partial charge in [-0.15, -0.1) is 0 Å². The minimum Gasteiger partial charge on any atom is -0.396 e. The number of pyridine rings is 1. The molecule has 26 heavy (non-hydrogen) atoms. The lowest BCUT2D eigenvalue weighted by atomic mass is 9.92. The summed E-state index contributed by atoms with van der Waals surface area (Å²) in [6, 6.07) is 18.2. The van der Waals surface area contributed by atoms with E-state index >= 15 is 0 Å². The van der Waals surface area contributed by atoms with Crippen molar-refractivity contribution in [1.82, 2.24) is 10.3 Å². The molecule has 0 fully saturated rings. The van der Waals surface area contributed by atoms with E-state index in [-0.39, 0.29) is 24.9 Å². The van der Waals surface area contributed by atoms with E-state index in [4.69, 9.17) is 10.1 Å². The molecule has 2 N–H and O–H groups in total. The zero-order valence-corrected chi connectivity index (χ0v) is 15.2. The van der Waals surface area contributed by atoms with E-state index < -0.39 is 0 Å². The molecule has 0 saturated heterocycles. The summed E-state index contributed by atoms with van der Waals surface area (Å²) in [5.74, 6) is -0.00830. The molecule has 1 aromatic heterocycles. The number of rotatable bonds is 6. The van der Waals surface area contributed by atoms with Crippen LogP contribution in [-0.4, -0.2) is 29.1 Å². The number of carbonyl (C=O) groups is 1. The van der Waals surface area contributed by atoms with E-state index in [0.29, 0.717) is 6.54 Å². The number of nitrogens with zero attached hydrogens (tertiary/aromatic N) is 1. The summed E-state index contributed by atoms with van der Waals surface area (Å²) in [5, 5.41) is 13.1. The fraction of sp³-hybridized carbons (Fsp3) is 0.273. The predicted molar refractivity (Wildman–Crippen MR) is 105 cm³/mol. The second-order valence-electron chi connectivity index (χ2n) is 6.70. The van der Waals surface area contributed by atoms with Gasteiger partial charge in [0.1, 0.15) is 0 Å². The highest BCUT2D eigenvalue weighted by Crippen LogP contribution is 2.33. The Bertz CT molecular complexity index is 907. The van der Waals surface area contributed by atoms with Crippen LogP contribution in [0.5, 0.6) is 0 Å². The van der Waals surface area contributed by atoms with Gasteiger partial charge >= 0.3 is 0 Å². The second kappa shape index (κ2) is 8.11. The molecule has 1 atom stereocenters. The number of amides is 1. The van der Waals surface area contributed by atoms with Crippen molar-refractivity contribution in [3.05, 3.63) is 65.9 Å². The number of hydrogen-bond acceptors (Lipinski definition) is 3. The van der Waals surface area contributed by atoms with Crippen LogP contribution >= 0.6 is 0 Å². The summed E-state index contributed by atoms with van der Waals surface area (Å²) in [6.07, 6.45) is 0.270. The third-order valence-electron chi connectivity index (χ3n) is 4.56. The molecular weight excluding hydrogens is 324 g/mol. The number of aliphatic hydroxyl groups is 1. The molecule has 1 unspecified atom stereocenters. The van der Waals surface area contributed by atoms with E-state index in [1.54, 1.807) is 0 Å². The van der Waals surface area contributed by atoms with Crippen molar-refractivity contribution in [2.75, 3.05) is 13.2 Å². The molecule has 3 rings (SSSR count). The first-order valence-electron chi connectivity index (χ1n) is 8.91. The quantitative estimate of drug-likeness (QED) is 0.717. The summed E-state index contributed by atoms with van der Waals surface area (Å²) in [6.45, 7) is 4.39. The molecule has 1 amide bonds. The summed E-state index contributed by atoms with van der Waals surface area (Å²) >= 11 is 0. The molecule has 0 aliphatic heterocycles. The first-order valence-corrected chi connectivity index (χ1v) is 8.91. The Labute approximate surface area is 153 Å².